The molecule has 1 atom stereocenters. The Hall–Kier alpha value is -1.40. The van der Waals surface area contributed by atoms with Crippen molar-refractivity contribution in [1.82, 2.24) is 5.32 Å². The molecule has 1 amide bonds. The molecule has 0 fully saturated rings. The van der Waals surface area contributed by atoms with Crippen LogP contribution < -0.4 is 5.32 Å². The van der Waals surface area contributed by atoms with Gasteiger partial charge in [0.05, 0.1) is 12.2 Å². The SMILES string of the molecule is Cc1cscc1C(=O)N[C@@H](CO)C(=O)O. The van der Waals surface area contributed by atoms with Gasteiger partial charge in [-0.05, 0) is 17.9 Å². The number of hydrogen-bond acceptors (Lipinski definition) is 4. The largest absolute Gasteiger partial charge is 0.480 e. The van der Waals surface area contributed by atoms with E-state index < -0.39 is 24.5 Å². The Morgan fingerprint density at radius 1 is 1.53 bits per heavy atom. The van der Waals surface area contributed by atoms with Gasteiger partial charge in [-0.1, -0.05) is 0 Å². The van der Waals surface area contributed by atoms with Crippen molar-refractivity contribution in [3.8, 4) is 0 Å². The Morgan fingerprint density at radius 2 is 2.20 bits per heavy atom. The second-order valence-corrected chi connectivity index (χ2v) is 3.76. The number of aliphatic hydroxyl groups excluding tert-OH is 1. The summed E-state index contributed by atoms with van der Waals surface area (Å²) in [5, 5.41) is 23.0. The number of thiophene rings is 1. The first kappa shape index (κ1) is 11.7. The highest BCUT2D eigenvalue weighted by Gasteiger charge is 2.20. The summed E-state index contributed by atoms with van der Waals surface area (Å²) in [6.07, 6.45) is 0. The monoisotopic (exact) mass is 229 g/mol. The third-order valence-corrected chi connectivity index (χ3v) is 2.75. The van der Waals surface area contributed by atoms with E-state index in [2.05, 4.69) is 5.32 Å². The van der Waals surface area contributed by atoms with Gasteiger partial charge in [-0.25, -0.2) is 4.79 Å². The molecule has 1 rings (SSSR count). The zero-order chi connectivity index (χ0) is 11.4. The van der Waals surface area contributed by atoms with Gasteiger partial charge in [-0.3, -0.25) is 4.79 Å². The Morgan fingerprint density at radius 3 is 2.60 bits per heavy atom. The van der Waals surface area contributed by atoms with Crippen LogP contribution in [0.2, 0.25) is 0 Å². The van der Waals surface area contributed by atoms with Crippen molar-refractivity contribution in [2.45, 2.75) is 13.0 Å². The zero-order valence-corrected chi connectivity index (χ0v) is 8.87. The number of aliphatic carboxylic acids is 1. The number of carbonyl (C=O) groups excluding carboxylic acids is 1. The Balaban J connectivity index is 2.71. The average molecular weight is 229 g/mol. The summed E-state index contributed by atoms with van der Waals surface area (Å²) in [6.45, 7) is 1.14. The normalized spacial score (nSPS) is 12.1. The van der Waals surface area contributed by atoms with Gasteiger partial charge in [-0.15, -0.1) is 0 Å². The van der Waals surface area contributed by atoms with Gasteiger partial charge in [-0.2, -0.15) is 11.3 Å². The molecule has 6 heteroatoms. The van der Waals surface area contributed by atoms with Crippen LogP contribution in [0.1, 0.15) is 15.9 Å². The molecule has 3 N–H and O–H groups in total. The molecule has 0 aromatic carbocycles. The number of amides is 1. The topological polar surface area (TPSA) is 86.6 Å². The van der Waals surface area contributed by atoms with Crippen molar-refractivity contribution in [3.63, 3.8) is 0 Å². The Kier molecular flexibility index (Phi) is 3.81. The van der Waals surface area contributed by atoms with Gasteiger partial charge in [0.1, 0.15) is 0 Å². The van der Waals surface area contributed by atoms with Crippen LogP contribution in [0.25, 0.3) is 0 Å². The quantitative estimate of drug-likeness (QED) is 0.690. The standard InChI is InChI=1S/C9H11NO4S/c1-5-3-15-4-6(5)8(12)10-7(2-11)9(13)14/h3-4,7,11H,2H2,1H3,(H,10,12)(H,13,14)/t7-/m0/s1. The molecule has 0 spiro atoms. The fourth-order valence-corrected chi connectivity index (χ4v) is 1.84. The van der Waals surface area contributed by atoms with E-state index in [4.69, 9.17) is 10.2 Å². The predicted octanol–water partition coefficient (Wildman–Crippen LogP) is 0.232. The molecule has 0 radical (unpaired) electrons. The van der Waals surface area contributed by atoms with Crippen LogP contribution in [0.5, 0.6) is 0 Å². The van der Waals surface area contributed by atoms with Crippen LogP contribution in [0, 0.1) is 6.92 Å². The molecule has 1 heterocycles. The van der Waals surface area contributed by atoms with E-state index in [0.29, 0.717) is 5.56 Å². The van der Waals surface area contributed by atoms with Crippen LogP contribution in [0.3, 0.4) is 0 Å². The van der Waals surface area contributed by atoms with Gasteiger partial charge in [0.25, 0.3) is 5.91 Å². The molecule has 82 valence electrons. The van der Waals surface area contributed by atoms with E-state index >= 15 is 0 Å². The van der Waals surface area contributed by atoms with E-state index in [1.807, 2.05) is 0 Å². The summed E-state index contributed by atoms with van der Waals surface area (Å²) in [7, 11) is 0. The lowest BCUT2D eigenvalue weighted by Gasteiger charge is -2.11. The minimum Gasteiger partial charge on any atom is -0.480 e. The third-order valence-electron chi connectivity index (χ3n) is 1.89. The molecule has 15 heavy (non-hydrogen) atoms. The second kappa shape index (κ2) is 4.90. The highest BCUT2D eigenvalue weighted by atomic mass is 32.1. The Bertz CT molecular complexity index is 374. The van der Waals surface area contributed by atoms with Gasteiger partial charge >= 0.3 is 5.97 Å². The van der Waals surface area contributed by atoms with Crippen LogP contribution in [-0.2, 0) is 4.79 Å². The summed E-state index contributed by atoms with van der Waals surface area (Å²) < 4.78 is 0. The van der Waals surface area contributed by atoms with Gasteiger partial charge in [0.15, 0.2) is 6.04 Å². The van der Waals surface area contributed by atoms with Crippen molar-refractivity contribution < 1.29 is 19.8 Å². The van der Waals surface area contributed by atoms with Gasteiger partial charge in [0, 0.05) is 5.38 Å². The van der Waals surface area contributed by atoms with Gasteiger partial charge < -0.3 is 15.5 Å². The molecule has 0 bridgehead atoms. The van der Waals surface area contributed by atoms with Crippen LogP contribution >= 0.6 is 11.3 Å². The molecule has 0 saturated heterocycles. The molecule has 0 aliphatic rings. The summed E-state index contributed by atoms with van der Waals surface area (Å²) in [4.78, 5) is 22.1. The van der Waals surface area contributed by atoms with Crippen LogP contribution in [0.15, 0.2) is 10.8 Å². The maximum Gasteiger partial charge on any atom is 0.328 e. The van der Waals surface area contributed by atoms with E-state index in [1.165, 1.54) is 11.3 Å². The molecular weight excluding hydrogens is 218 g/mol. The number of aliphatic hydroxyl groups is 1. The lowest BCUT2D eigenvalue weighted by atomic mass is 10.2. The number of carbonyl (C=O) groups is 2. The van der Waals surface area contributed by atoms with E-state index in [1.54, 1.807) is 17.7 Å². The fourth-order valence-electron chi connectivity index (χ4n) is 1.01. The van der Waals surface area contributed by atoms with E-state index in [9.17, 15) is 9.59 Å². The molecular formula is C9H11NO4S. The molecule has 0 aliphatic heterocycles. The maximum atomic E-state index is 11.5. The smallest absolute Gasteiger partial charge is 0.328 e. The fraction of sp³-hybridized carbons (Fsp3) is 0.333. The molecule has 1 aromatic rings. The number of carboxylic acids is 1. The zero-order valence-electron chi connectivity index (χ0n) is 8.06. The first-order valence-corrected chi connectivity index (χ1v) is 5.18. The highest BCUT2D eigenvalue weighted by Crippen LogP contribution is 2.13. The predicted molar refractivity (Wildman–Crippen MR) is 55.0 cm³/mol. The van der Waals surface area contributed by atoms with Crippen molar-refractivity contribution >= 4 is 23.2 Å². The first-order chi connectivity index (χ1) is 7.06. The highest BCUT2D eigenvalue weighted by molar-refractivity contribution is 7.08. The van der Waals surface area contributed by atoms with E-state index in [-0.39, 0.29) is 0 Å². The van der Waals surface area contributed by atoms with Crippen molar-refractivity contribution in [2.75, 3.05) is 6.61 Å². The summed E-state index contributed by atoms with van der Waals surface area (Å²) in [5.41, 5.74) is 1.24. The lowest BCUT2D eigenvalue weighted by molar-refractivity contribution is -0.140. The average Bonchev–Trinajstić information content (AvgIpc) is 2.60. The minimum atomic E-state index is -1.25. The van der Waals surface area contributed by atoms with Crippen molar-refractivity contribution in [2.24, 2.45) is 0 Å². The van der Waals surface area contributed by atoms with Crippen LogP contribution in [-0.4, -0.2) is 34.7 Å². The van der Waals surface area contributed by atoms with Crippen molar-refractivity contribution in [3.05, 3.63) is 21.9 Å². The molecule has 0 aliphatic carbocycles. The minimum absolute atomic E-state index is 0.444. The number of aryl methyl sites for hydroxylation is 1. The number of hydrogen-bond donors (Lipinski definition) is 3. The maximum absolute atomic E-state index is 11.5. The number of nitrogens with one attached hydrogen (secondary N) is 1. The summed E-state index contributed by atoms with van der Waals surface area (Å²) in [5.74, 6) is -1.73. The molecule has 1 aromatic heterocycles. The summed E-state index contributed by atoms with van der Waals surface area (Å²) >= 11 is 1.37. The lowest BCUT2D eigenvalue weighted by Crippen LogP contribution is -2.43. The molecule has 0 unspecified atom stereocenters. The molecule has 5 nitrogen and oxygen atoms in total. The second-order valence-electron chi connectivity index (χ2n) is 3.02. The number of carboxylic acid groups (broad SMARTS) is 1. The first-order valence-electron chi connectivity index (χ1n) is 4.23. The van der Waals surface area contributed by atoms with E-state index in [0.717, 1.165) is 5.56 Å². The number of rotatable bonds is 4. The summed E-state index contributed by atoms with van der Waals surface area (Å²) in [6, 6.07) is -1.25. The van der Waals surface area contributed by atoms with Crippen LogP contribution in [0.4, 0.5) is 0 Å². The van der Waals surface area contributed by atoms with Crippen molar-refractivity contribution in [1.29, 1.82) is 0 Å². The van der Waals surface area contributed by atoms with Gasteiger partial charge in [0.2, 0.25) is 0 Å². The molecule has 0 saturated carbocycles. The third kappa shape index (κ3) is 2.77. The Labute approximate surface area is 90.4 Å².